The van der Waals surface area contributed by atoms with Crippen LogP contribution in [-0.2, 0) is 24.5 Å². The van der Waals surface area contributed by atoms with Gasteiger partial charge in [-0.2, -0.15) is 5.26 Å². The molecular weight excluding hydrogens is 434 g/mol. The fraction of sp³-hybridized carbons (Fsp3) is 0.654. The first-order valence-corrected chi connectivity index (χ1v) is 14.8. The lowest BCUT2D eigenvalue weighted by molar-refractivity contribution is -0.147. The van der Waals surface area contributed by atoms with Crippen LogP contribution in [0.25, 0.3) is 0 Å². The fourth-order valence-corrected chi connectivity index (χ4v) is 3.99. The van der Waals surface area contributed by atoms with E-state index in [0.717, 1.165) is 25.7 Å². The van der Waals surface area contributed by atoms with Gasteiger partial charge >= 0.3 is 11.9 Å². The Labute approximate surface area is 200 Å². The molecule has 0 N–H and O–H groups in total. The summed E-state index contributed by atoms with van der Waals surface area (Å²) in [4.78, 5) is 25.1. The number of unbranched alkanes of at least 4 members (excludes halogenated alkanes) is 2. The third-order valence-electron chi connectivity index (χ3n) is 6.21. The summed E-state index contributed by atoms with van der Waals surface area (Å²) in [6.45, 7) is 15.5. The minimum atomic E-state index is -2.02. The summed E-state index contributed by atoms with van der Waals surface area (Å²) in [5.74, 6) is -0.269. The molecule has 6 nitrogen and oxygen atoms in total. The van der Waals surface area contributed by atoms with E-state index in [1.807, 2.05) is 26.0 Å². The Morgan fingerprint density at radius 1 is 0.909 bits per heavy atom. The lowest BCUT2D eigenvalue weighted by Gasteiger charge is -2.36. The van der Waals surface area contributed by atoms with Crippen molar-refractivity contribution in [3.8, 4) is 11.8 Å². The molecule has 1 aromatic rings. The maximum Gasteiger partial charge on any atom is 0.307 e. The van der Waals surface area contributed by atoms with Crippen LogP contribution in [0.5, 0.6) is 5.75 Å². The number of benzene rings is 1. The number of ether oxygens (including phenoxy) is 2. The molecule has 0 aliphatic rings. The van der Waals surface area contributed by atoms with Crippen molar-refractivity contribution in [2.24, 2.45) is 0 Å². The molecule has 0 radical (unpaired) electrons. The zero-order valence-corrected chi connectivity index (χ0v) is 22.5. The molecule has 0 atom stereocenters. The van der Waals surface area contributed by atoms with Gasteiger partial charge in [0.15, 0.2) is 0 Å². The van der Waals surface area contributed by atoms with Crippen molar-refractivity contribution < 1.29 is 23.5 Å². The second-order valence-corrected chi connectivity index (χ2v) is 14.8. The second-order valence-electron chi connectivity index (χ2n) is 10.1. The maximum absolute atomic E-state index is 12.5. The van der Waals surface area contributed by atoms with Crippen molar-refractivity contribution in [2.75, 3.05) is 13.2 Å². The van der Waals surface area contributed by atoms with Crippen LogP contribution in [0.3, 0.4) is 0 Å². The molecule has 0 saturated heterocycles. The van der Waals surface area contributed by atoms with Gasteiger partial charge in [0.2, 0.25) is 8.32 Å². The predicted octanol–water partition coefficient (Wildman–Crippen LogP) is 6.30. The highest BCUT2D eigenvalue weighted by Gasteiger charge is 2.40. The van der Waals surface area contributed by atoms with Crippen LogP contribution >= 0.6 is 0 Å². The van der Waals surface area contributed by atoms with Gasteiger partial charge in [-0.15, -0.1) is 0 Å². The fourth-order valence-electron chi connectivity index (χ4n) is 2.96. The number of hydrogen-bond acceptors (Lipinski definition) is 6. The highest BCUT2D eigenvalue weighted by molar-refractivity contribution is 6.74. The van der Waals surface area contributed by atoms with Crippen LogP contribution in [0.4, 0.5) is 0 Å². The molecule has 1 aromatic carbocycles. The first-order valence-electron chi connectivity index (χ1n) is 11.9. The molecule has 0 heterocycles. The van der Waals surface area contributed by atoms with E-state index in [-0.39, 0.29) is 17.9 Å². The first-order chi connectivity index (χ1) is 15.4. The molecule has 0 saturated carbocycles. The number of hydrogen-bond donors (Lipinski definition) is 0. The number of rotatable bonds is 13. The van der Waals surface area contributed by atoms with Crippen molar-refractivity contribution in [3.05, 3.63) is 29.8 Å². The normalized spacial score (nSPS) is 12.1. The third-order valence-corrected chi connectivity index (χ3v) is 10.6. The molecule has 0 bridgehead atoms. The van der Waals surface area contributed by atoms with Gasteiger partial charge in [-0.25, -0.2) is 0 Å². The van der Waals surface area contributed by atoms with Gasteiger partial charge in [0.25, 0.3) is 0 Å². The minimum absolute atomic E-state index is 0.0482. The van der Waals surface area contributed by atoms with E-state index in [1.165, 1.54) is 0 Å². The van der Waals surface area contributed by atoms with E-state index in [9.17, 15) is 14.9 Å². The van der Waals surface area contributed by atoms with Gasteiger partial charge < -0.3 is 13.9 Å². The second kappa shape index (κ2) is 12.8. The average molecular weight is 476 g/mol. The predicted molar refractivity (Wildman–Crippen MR) is 133 cm³/mol. The van der Waals surface area contributed by atoms with Crippen molar-refractivity contribution in [3.63, 3.8) is 0 Å². The van der Waals surface area contributed by atoms with Gasteiger partial charge in [-0.05, 0) is 48.7 Å². The van der Waals surface area contributed by atoms with Gasteiger partial charge in [-0.1, -0.05) is 59.6 Å². The number of esters is 2. The Hall–Kier alpha value is -2.33. The zero-order valence-electron chi connectivity index (χ0n) is 21.5. The van der Waals surface area contributed by atoms with Crippen molar-refractivity contribution in [1.82, 2.24) is 0 Å². The molecule has 0 spiro atoms. The van der Waals surface area contributed by atoms with Gasteiger partial charge in [0.05, 0.1) is 32.1 Å². The summed E-state index contributed by atoms with van der Waals surface area (Å²) in [5.41, 5.74) is -0.783. The third kappa shape index (κ3) is 8.85. The highest BCUT2D eigenvalue weighted by atomic mass is 28.4. The van der Waals surface area contributed by atoms with Crippen molar-refractivity contribution >= 4 is 20.3 Å². The van der Waals surface area contributed by atoms with Crippen LogP contribution in [-0.4, -0.2) is 33.5 Å². The highest BCUT2D eigenvalue weighted by Crippen LogP contribution is 2.38. The van der Waals surface area contributed by atoms with Gasteiger partial charge in [-0.3, -0.25) is 9.59 Å². The monoisotopic (exact) mass is 475 g/mol. The Morgan fingerprint density at radius 2 is 1.36 bits per heavy atom. The number of carbonyl (C=O) groups is 2. The summed E-state index contributed by atoms with van der Waals surface area (Å²) < 4.78 is 16.9. The molecule has 0 aliphatic heterocycles. The summed E-state index contributed by atoms with van der Waals surface area (Å²) in [6.07, 6.45) is 2.89. The Kier molecular flexibility index (Phi) is 11.1. The molecule has 0 unspecified atom stereocenters. The lowest BCUT2D eigenvalue weighted by Crippen LogP contribution is -2.43. The smallest absolute Gasteiger partial charge is 0.307 e. The summed E-state index contributed by atoms with van der Waals surface area (Å²) in [5, 5.41) is 10.2. The number of nitriles is 1. The Morgan fingerprint density at radius 3 is 1.73 bits per heavy atom. The van der Waals surface area contributed by atoms with E-state index in [0.29, 0.717) is 24.5 Å². The molecule has 33 heavy (non-hydrogen) atoms. The summed E-state index contributed by atoms with van der Waals surface area (Å²) in [6, 6.07) is 9.39. The molecule has 1 rings (SSSR count). The molecular formula is C26H41NO5Si. The van der Waals surface area contributed by atoms with Crippen LogP contribution in [0.15, 0.2) is 24.3 Å². The molecule has 0 aliphatic carbocycles. The van der Waals surface area contributed by atoms with Gasteiger partial charge in [0.1, 0.15) is 11.2 Å². The van der Waals surface area contributed by atoms with E-state index in [4.69, 9.17) is 13.9 Å². The average Bonchev–Trinajstić information content (AvgIpc) is 2.73. The molecule has 184 valence electrons. The Balaban J connectivity index is 3.17. The van der Waals surface area contributed by atoms with Gasteiger partial charge in [0, 0.05) is 0 Å². The zero-order chi connectivity index (χ0) is 25.1. The topological polar surface area (TPSA) is 85.6 Å². The van der Waals surface area contributed by atoms with E-state index >= 15 is 0 Å². The van der Waals surface area contributed by atoms with Crippen LogP contribution < -0.4 is 4.43 Å². The standard InChI is InChI=1S/C26H41NO5Si/c1-8-10-16-30-23(28)18-26(20-27,19-24(29)31-17-11-9-2)21-12-14-22(15-13-21)32-33(6,7)25(3,4)5/h12-15H,8-11,16-19H2,1-7H3. The van der Waals surface area contributed by atoms with E-state index in [2.05, 4.69) is 39.9 Å². The van der Waals surface area contributed by atoms with Crippen molar-refractivity contribution in [2.45, 2.75) is 96.7 Å². The molecule has 0 amide bonds. The van der Waals surface area contributed by atoms with E-state index in [1.54, 1.807) is 12.1 Å². The van der Waals surface area contributed by atoms with Crippen LogP contribution in [0.1, 0.15) is 78.7 Å². The summed E-state index contributed by atoms with van der Waals surface area (Å²) >= 11 is 0. The largest absolute Gasteiger partial charge is 0.544 e. The maximum atomic E-state index is 12.5. The minimum Gasteiger partial charge on any atom is -0.544 e. The SMILES string of the molecule is CCCCOC(=O)CC(C#N)(CC(=O)OCCCC)c1ccc(O[Si](C)(C)C(C)(C)C)cc1. The lowest BCUT2D eigenvalue weighted by atomic mass is 9.76. The molecule has 7 heteroatoms. The quantitative estimate of drug-likeness (QED) is 0.189. The summed E-state index contributed by atoms with van der Waals surface area (Å²) in [7, 11) is -2.02. The Bertz CT molecular complexity index is 781. The number of carbonyl (C=O) groups excluding carboxylic acids is 2. The molecule has 0 fully saturated rings. The van der Waals surface area contributed by atoms with Crippen molar-refractivity contribution in [1.29, 1.82) is 5.26 Å². The van der Waals surface area contributed by atoms with Crippen LogP contribution in [0, 0.1) is 11.3 Å². The molecule has 0 aromatic heterocycles. The van der Waals surface area contributed by atoms with Crippen LogP contribution in [0.2, 0.25) is 18.1 Å². The first kappa shape index (κ1) is 28.7. The number of nitrogens with zero attached hydrogens (tertiary/aromatic N) is 1. The van der Waals surface area contributed by atoms with E-state index < -0.39 is 25.7 Å².